The number of halogens is 1. The van der Waals surface area contributed by atoms with Gasteiger partial charge in [0.1, 0.15) is 10.8 Å². The maximum Gasteiger partial charge on any atom is 0.125 e. The summed E-state index contributed by atoms with van der Waals surface area (Å²) in [6.45, 7) is 3.24. The molecule has 0 bridgehead atoms. The SMILES string of the molecule is CCC1(c2nc3cc(F)ccc3s2)CCCN1. The van der Waals surface area contributed by atoms with Crippen molar-refractivity contribution in [2.45, 2.75) is 31.7 Å². The van der Waals surface area contributed by atoms with Gasteiger partial charge in [0.15, 0.2) is 0 Å². The molecule has 1 aliphatic heterocycles. The molecule has 1 unspecified atom stereocenters. The van der Waals surface area contributed by atoms with Crippen LogP contribution in [0.3, 0.4) is 0 Å². The molecular weight excluding hydrogens is 235 g/mol. The zero-order valence-corrected chi connectivity index (χ0v) is 10.6. The van der Waals surface area contributed by atoms with Crippen molar-refractivity contribution in [1.82, 2.24) is 10.3 Å². The van der Waals surface area contributed by atoms with Crippen LogP contribution >= 0.6 is 11.3 Å². The third kappa shape index (κ3) is 1.76. The maximum absolute atomic E-state index is 13.1. The average molecular weight is 250 g/mol. The minimum absolute atomic E-state index is 0.0279. The quantitative estimate of drug-likeness (QED) is 0.883. The van der Waals surface area contributed by atoms with Crippen LogP contribution in [-0.4, -0.2) is 11.5 Å². The van der Waals surface area contributed by atoms with Gasteiger partial charge in [-0.25, -0.2) is 9.37 Å². The van der Waals surface area contributed by atoms with Crippen molar-refractivity contribution < 1.29 is 4.39 Å². The van der Waals surface area contributed by atoms with Crippen LogP contribution in [-0.2, 0) is 5.54 Å². The Kier molecular flexibility index (Phi) is 2.64. The highest BCUT2D eigenvalue weighted by molar-refractivity contribution is 7.18. The van der Waals surface area contributed by atoms with E-state index in [4.69, 9.17) is 0 Å². The highest BCUT2D eigenvalue weighted by Crippen LogP contribution is 2.38. The first-order valence-electron chi connectivity index (χ1n) is 6.05. The van der Waals surface area contributed by atoms with Crippen molar-refractivity contribution in [2.24, 2.45) is 0 Å². The normalized spacial score (nSPS) is 24.6. The van der Waals surface area contributed by atoms with Gasteiger partial charge in [-0.15, -0.1) is 11.3 Å². The van der Waals surface area contributed by atoms with E-state index in [1.54, 1.807) is 11.3 Å². The summed E-state index contributed by atoms with van der Waals surface area (Å²) in [5, 5.41) is 4.68. The number of benzene rings is 1. The smallest absolute Gasteiger partial charge is 0.125 e. The second kappa shape index (κ2) is 4.03. The van der Waals surface area contributed by atoms with Gasteiger partial charge in [0.25, 0.3) is 0 Å². The monoisotopic (exact) mass is 250 g/mol. The Hall–Kier alpha value is -1.00. The highest BCUT2D eigenvalue weighted by atomic mass is 32.1. The Labute approximate surface area is 104 Å². The van der Waals surface area contributed by atoms with E-state index in [0.29, 0.717) is 0 Å². The van der Waals surface area contributed by atoms with Crippen molar-refractivity contribution >= 4 is 21.6 Å². The van der Waals surface area contributed by atoms with Crippen molar-refractivity contribution in [1.29, 1.82) is 0 Å². The van der Waals surface area contributed by atoms with Crippen LogP contribution in [0.2, 0.25) is 0 Å². The van der Waals surface area contributed by atoms with Crippen molar-refractivity contribution in [3.8, 4) is 0 Å². The Morgan fingerprint density at radius 3 is 3.12 bits per heavy atom. The molecule has 90 valence electrons. The lowest BCUT2D eigenvalue weighted by molar-refractivity contribution is 0.375. The molecule has 0 saturated carbocycles. The molecule has 17 heavy (non-hydrogen) atoms. The summed E-state index contributed by atoms with van der Waals surface area (Å²) in [6.07, 6.45) is 3.36. The lowest BCUT2D eigenvalue weighted by Gasteiger charge is -2.25. The lowest BCUT2D eigenvalue weighted by atomic mass is 9.95. The molecule has 4 heteroatoms. The molecule has 0 spiro atoms. The molecular formula is C13H15FN2S. The first-order chi connectivity index (χ1) is 8.23. The second-order valence-electron chi connectivity index (χ2n) is 4.60. The van der Waals surface area contributed by atoms with Crippen molar-refractivity contribution in [3.63, 3.8) is 0 Å². The van der Waals surface area contributed by atoms with Gasteiger partial charge in [0.05, 0.1) is 15.8 Å². The number of hydrogen-bond acceptors (Lipinski definition) is 3. The zero-order chi connectivity index (χ0) is 11.9. The number of nitrogens with one attached hydrogen (secondary N) is 1. The molecule has 1 saturated heterocycles. The Balaban J connectivity index is 2.11. The van der Waals surface area contributed by atoms with Gasteiger partial charge in [0.2, 0.25) is 0 Å². The van der Waals surface area contributed by atoms with E-state index in [-0.39, 0.29) is 11.4 Å². The molecule has 3 rings (SSSR count). The van der Waals surface area contributed by atoms with Crippen LogP contribution in [0, 0.1) is 5.82 Å². The predicted molar refractivity (Wildman–Crippen MR) is 68.8 cm³/mol. The van der Waals surface area contributed by atoms with Crippen LogP contribution in [0.1, 0.15) is 31.2 Å². The molecule has 1 fully saturated rings. The minimum Gasteiger partial charge on any atom is -0.305 e. The van der Waals surface area contributed by atoms with E-state index in [0.717, 1.165) is 34.6 Å². The van der Waals surface area contributed by atoms with E-state index in [1.807, 2.05) is 6.07 Å². The summed E-state index contributed by atoms with van der Waals surface area (Å²) in [5.41, 5.74) is 0.812. The van der Waals surface area contributed by atoms with E-state index >= 15 is 0 Å². The Morgan fingerprint density at radius 2 is 2.41 bits per heavy atom. The first kappa shape index (κ1) is 11.1. The summed E-state index contributed by atoms with van der Waals surface area (Å²) >= 11 is 1.69. The molecule has 2 heterocycles. The fourth-order valence-corrected chi connectivity index (χ4v) is 3.76. The molecule has 1 atom stereocenters. The van der Waals surface area contributed by atoms with Crippen LogP contribution in [0.15, 0.2) is 18.2 Å². The van der Waals surface area contributed by atoms with Gasteiger partial charge < -0.3 is 5.32 Å². The summed E-state index contributed by atoms with van der Waals surface area (Å²) in [7, 11) is 0. The van der Waals surface area contributed by atoms with Crippen LogP contribution in [0.5, 0.6) is 0 Å². The average Bonchev–Trinajstić information content (AvgIpc) is 2.94. The summed E-state index contributed by atoms with van der Waals surface area (Å²) in [5.74, 6) is -0.209. The van der Waals surface area contributed by atoms with E-state index in [2.05, 4.69) is 17.2 Å². The van der Waals surface area contributed by atoms with Crippen molar-refractivity contribution in [2.75, 3.05) is 6.54 Å². The number of rotatable bonds is 2. The lowest BCUT2D eigenvalue weighted by Crippen LogP contribution is -2.35. The Morgan fingerprint density at radius 1 is 1.53 bits per heavy atom. The highest BCUT2D eigenvalue weighted by Gasteiger charge is 2.36. The fourth-order valence-electron chi connectivity index (χ4n) is 2.55. The van der Waals surface area contributed by atoms with Gasteiger partial charge in [-0.1, -0.05) is 6.92 Å². The number of fused-ring (bicyclic) bond motifs is 1. The van der Waals surface area contributed by atoms with Gasteiger partial charge >= 0.3 is 0 Å². The molecule has 0 aliphatic carbocycles. The van der Waals surface area contributed by atoms with E-state index < -0.39 is 0 Å². The molecule has 1 aliphatic rings. The summed E-state index contributed by atoms with van der Waals surface area (Å²) in [6, 6.07) is 4.85. The summed E-state index contributed by atoms with van der Waals surface area (Å²) in [4.78, 5) is 4.61. The van der Waals surface area contributed by atoms with Crippen LogP contribution < -0.4 is 5.32 Å². The van der Waals surface area contributed by atoms with Gasteiger partial charge in [0, 0.05) is 6.07 Å². The second-order valence-corrected chi connectivity index (χ2v) is 5.63. The number of thiazole rings is 1. The number of hydrogen-bond donors (Lipinski definition) is 1. The topological polar surface area (TPSA) is 24.9 Å². The zero-order valence-electron chi connectivity index (χ0n) is 9.79. The number of nitrogens with zero attached hydrogens (tertiary/aromatic N) is 1. The van der Waals surface area contributed by atoms with Gasteiger partial charge in [-0.2, -0.15) is 0 Å². The van der Waals surface area contributed by atoms with Crippen LogP contribution in [0.4, 0.5) is 4.39 Å². The van der Waals surface area contributed by atoms with Crippen LogP contribution in [0.25, 0.3) is 10.2 Å². The predicted octanol–water partition coefficient (Wildman–Crippen LogP) is 3.42. The van der Waals surface area contributed by atoms with Crippen molar-refractivity contribution in [3.05, 3.63) is 29.0 Å². The third-order valence-electron chi connectivity index (χ3n) is 3.61. The fraction of sp³-hybridized carbons (Fsp3) is 0.462. The third-order valence-corrected chi connectivity index (χ3v) is 4.85. The molecule has 0 amide bonds. The van der Waals surface area contributed by atoms with E-state index in [9.17, 15) is 4.39 Å². The Bertz CT molecular complexity index is 543. The maximum atomic E-state index is 13.1. The summed E-state index contributed by atoms with van der Waals surface area (Å²) < 4.78 is 14.2. The van der Waals surface area contributed by atoms with Gasteiger partial charge in [-0.05, 0) is 37.9 Å². The molecule has 1 aromatic heterocycles. The van der Waals surface area contributed by atoms with E-state index in [1.165, 1.54) is 18.6 Å². The van der Waals surface area contributed by atoms with Gasteiger partial charge in [-0.3, -0.25) is 0 Å². The molecule has 1 aromatic carbocycles. The standard InChI is InChI=1S/C13H15FN2S/c1-2-13(6-3-7-15-13)12-16-10-8-9(14)4-5-11(10)17-12/h4-5,8,15H,2-3,6-7H2,1H3. The molecule has 2 aromatic rings. The minimum atomic E-state index is -0.209. The molecule has 2 nitrogen and oxygen atoms in total. The molecule has 1 N–H and O–H groups in total. The number of aromatic nitrogens is 1. The first-order valence-corrected chi connectivity index (χ1v) is 6.87. The molecule has 0 radical (unpaired) electrons. The largest absolute Gasteiger partial charge is 0.305 e.